The molecule has 5 atom stereocenters. The molecule has 121 heavy (non-hydrogen) atoms. The number of aryl methyl sites for hydroxylation is 4. The summed E-state index contributed by atoms with van der Waals surface area (Å²) < 4.78 is 26.4. The molecule has 15 nitrogen and oxygen atoms in total. The average molecular weight is 1730 g/mol. The highest BCUT2D eigenvalue weighted by Gasteiger charge is 2.40. The van der Waals surface area contributed by atoms with Crippen molar-refractivity contribution in [3.05, 3.63) is 223 Å². The molecular weight excluding hydrogens is 1600 g/mol. The zero-order valence-corrected chi connectivity index (χ0v) is 77.5. The van der Waals surface area contributed by atoms with Crippen LogP contribution >= 0.6 is 56.7 Å². The molecule has 20 heteroatoms. The lowest BCUT2D eigenvalue weighted by atomic mass is 9.86. The number of thiophene rings is 5. The Hall–Kier alpha value is -7.60. The van der Waals surface area contributed by atoms with Crippen molar-refractivity contribution in [1.29, 1.82) is 0 Å². The summed E-state index contributed by atoms with van der Waals surface area (Å²) in [4.78, 5) is 28.3. The van der Waals surface area contributed by atoms with Crippen LogP contribution in [0.4, 0.5) is 0 Å². The molecule has 15 heterocycles. The lowest BCUT2D eigenvalue weighted by molar-refractivity contribution is 0.162. The second-order valence-corrected chi connectivity index (χ2v) is 42.1. The monoisotopic (exact) mass is 1730 g/mol. The van der Waals surface area contributed by atoms with E-state index >= 15 is 0 Å². The molecule has 10 aromatic rings. The van der Waals surface area contributed by atoms with Crippen molar-refractivity contribution in [3.8, 4) is 57.5 Å². The highest BCUT2D eigenvalue weighted by atomic mass is 32.1. The second-order valence-electron chi connectivity index (χ2n) is 36.0. The summed E-state index contributed by atoms with van der Waals surface area (Å²) in [5.74, 6) is 5.74. The van der Waals surface area contributed by atoms with Crippen LogP contribution in [0, 0.1) is 11.8 Å². The Labute approximate surface area is 738 Å². The summed E-state index contributed by atoms with van der Waals surface area (Å²) in [5.41, 5.74) is 20.7. The molecule has 20 rings (SSSR count). The van der Waals surface area contributed by atoms with E-state index in [-0.39, 0.29) is 28.7 Å². The summed E-state index contributed by atoms with van der Waals surface area (Å²) in [5, 5.41) is 51.1. The summed E-state index contributed by atoms with van der Waals surface area (Å²) in [6.07, 6.45) is 25.5. The van der Waals surface area contributed by atoms with Crippen LogP contribution in [0.3, 0.4) is 0 Å². The van der Waals surface area contributed by atoms with Gasteiger partial charge in [-0.05, 0) is 270 Å². The number of rotatable bonds is 19. The molecule has 0 saturated heterocycles. The van der Waals surface area contributed by atoms with Crippen LogP contribution in [-0.4, -0.2) is 118 Å². The lowest BCUT2D eigenvalue weighted by Crippen LogP contribution is -2.38. The third-order valence-corrected chi connectivity index (χ3v) is 33.2. The predicted molar refractivity (Wildman–Crippen MR) is 495 cm³/mol. The molecular formula is C101H127N5O10S5. The second kappa shape index (κ2) is 38.5. The van der Waals surface area contributed by atoms with Gasteiger partial charge in [-0.25, -0.2) is 0 Å². The lowest BCUT2D eigenvalue weighted by Gasteiger charge is -2.40. The molecule has 0 fully saturated rings. The normalized spacial score (nSPS) is 19.5. The average Bonchev–Trinajstić information content (AvgIpc) is 1.77. The molecule has 0 unspecified atom stereocenters. The van der Waals surface area contributed by atoms with E-state index in [1.807, 2.05) is 117 Å². The molecule has 10 aliphatic rings. The largest absolute Gasteiger partial charge is 0.504 e. The maximum absolute atomic E-state index is 10.2. The predicted octanol–water partition coefficient (Wildman–Crippen LogP) is 22.4. The minimum absolute atomic E-state index is 0.260. The van der Waals surface area contributed by atoms with Crippen molar-refractivity contribution in [3.63, 3.8) is 0 Å². The maximum Gasteiger partial charge on any atom is 0.160 e. The highest BCUT2D eigenvalue weighted by molar-refractivity contribution is 7.13. The molecule has 0 amide bonds. The van der Waals surface area contributed by atoms with Crippen LogP contribution in [0.1, 0.15) is 256 Å². The SMILES string of the molecule is CCCCCc1cc2c(s1)C[C@H]1c3cc(O)c(OC)cc3CCN1C2.CCCCc1cc2c(s1)C[C@H]1c3cc(O)c(OC)cc3CCN1C2.CCCc1cc2c(s1)C[C@H]1c3cc(O)c(OC)cc3CCN1C2.COc1cc2c(cc1O)[C@@H]1Cc3sc(CC(C)C)cc3CN1CC2.COc1cc2c(cc1O)[C@@H]1Cc3sc(CCC(C)C)cc3CN1CC2. The number of aromatic hydroxyl groups is 5. The molecule has 10 aliphatic heterocycles. The van der Waals surface area contributed by atoms with Gasteiger partial charge in [-0.1, -0.05) is 74.1 Å². The van der Waals surface area contributed by atoms with Crippen molar-refractivity contribution in [1.82, 2.24) is 24.5 Å². The van der Waals surface area contributed by atoms with E-state index in [4.69, 9.17) is 23.7 Å². The smallest absolute Gasteiger partial charge is 0.160 e. The van der Waals surface area contributed by atoms with E-state index in [2.05, 4.69) is 103 Å². The van der Waals surface area contributed by atoms with Gasteiger partial charge in [0.25, 0.3) is 0 Å². The third kappa shape index (κ3) is 19.0. The van der Waals surface area contributed by atoms with Crippen LogP contribution in [0.25, 0.3) is 0 Å². The number of methoxy groups -OCH3 is 5. The first-order valence-electron chi connectivity index (χ1n) is 44.9. The van der Waals surface area contributed by atoms with Gasteiger partial charge in [0.1, 0.15) is 0 Å². The molecule has 0 spiro atoms. The van der Waals surface area contributed by atoms with E-state index in [0.29, 0.717) is 64.9 Å². The Morgan fingerprint density at radius 2 is 0.554 bits per heavy atom. The number of phenols is 5. The van der Waals surface area contributed by atoms with Crippen molar-refractivity contribution in [2.24, 2.45) is 11.8 Å². The van der Waals surface area contributed by atoms with Crippen molar-refractivity contribution < 1.29 is 49.2 Å². The van der Waals surface area contributed by atoms with Gasteiger partial charge in [-0.15, -0.1) is 56.7 Å². The van der Waals surface area contributed by atoms with E-state index < -0.39 is 0 Å². The third-order valence-electron chi connectivity index (χ3n) is 26.9. The molecule has 0 aliphatic carbocycles. The fraction of sp³-hybridized carbons (Fsp3) is 0.505. The molecule has 5 aromatic carbocycles. The van der Waals surface area contributed by atoms with Crippen LogP contribution in [0.15, 0.2) is 91.0 Å². The van der Waals surface area contributed by atoms with Gasteiger partial charge in [0.2, 0.25) is 0 Å². The maximum atomic E-state index is 10.2. The fourth-order valence-electron chi connectivity index (χ4n) is 20.5. The first-order chi connectivity index (χ1) is 58.7. The van der Waals surface area contributed by atoms with Crippen LogP contribution in [0.5, 0.6) is 57.5 Å². The van der Waals surface area contributed by atoms with Crippen molar-refractivity contribution in [2.45, 2.75) is 253 Å². The summed E-state index contributed by atoms with van der Waals surface area (Å²) in [6.45, 7) is 26.6. The minimum atomic E-state index is 0.260. The molecule has 0 radical (unpaired) electrons. The first-order valence-corrected chi connectivity index (χ1v) is 49.0. The van der Waals surface area contributed by atoms with Gasteiger partial charge in [0.15, 0.2) is 57.5 Å². The number of benzene rings is 5. The number of hydrogen-bond donors (Lipinski definition) is 5. The summed E-state index contributed by atoms with van der Waals surface area (Å²) in [7, 11) is 8.09. The molecule has 646 valence electrons. The van der Waals surface area contributed by atoms with Gasteiger partial charge in [-0.3, -0.25) is 24.5 Å². The highest BCUT2D eigenvalue weighted by Crippen LogP contribution is 2.51. The summed E-state index contributed by atoms with van der Waals surface area (Å²) >= 11 is 10.0. The van der Waals surface area contributed by atoms with Crippen LogP contribution in [0.2, 0.25) is 0 Å². The van der Waals surface area contributed by atoms with Crippen molar-refractivity contribution in [2.75, 3.05) is 68.3 Å². The minimum Gasteiger partial charge on any atom is -0.504 e. The number of nitrogens with zero attached hydrogens (tertiary/aromatic N) is 5. The number of hydrogen-bond acceptors (Lipinski definition) is 20. The van der Waals surface area contributed by atoms with Gasteiger partial charge in [0, 0.05) is 177 Å². The van der Waals surface area contributed by atoms with Gasteiger partial charge in [0.05, 0.1) is 35.5 Å². The number of ether oxygens (including phenoxy) is 5. The molecule has 5 aromatic heterocycles. The van der Waals surface area contributed by atoms with Gasteiger partial charge >= 0.3 is 0 Å². The number of fused-ring (bicyclic) bond motifs is 20. The Bertz CT molecular complexity index is 5300. The van der Waals surface area contributed by atoms with Crippen molar-refractivity contribution >= 4 is 56.7 Å². The van der Waals surface area contributed by atoms with E-state index in [1.165, 1.54) is 185 Å². The van der Waals surface area contributed by atoms with Crippen LogP contribution < -0.4 is 23.7 Å². The fourth-order valence-corrected chi connectivity index (χ4v) is 27.0. The first kappa shape index (κ1) is 86.9. The molecule has 0 saturated carbocycles. The zero-order chi connectivity index (χ0) is 84.4. The van der Waals surface area contributed by atoms with E-state index in [9.17, 15) is 25.5 Å². The topological polar surface area (TPSA) is 164 Å². The number of unbranched alkanes of at least 4 members (excludes halogenated alkanes) is 3. The van der Waals surface area contributed by atoms with Gasteiger partial charge in [-0.2, -0.15) is 0 Å². The Morgan fingerprint density at radius 3 is 0.810 bits per heavy atom. The Kier molecular flexibility index (Phi) is 27.6. The summed E-state index contributed by atoms with van der Waals surface area (Å²) in [6, 6.07) is 33.9. The standard InChI is InChI=1S/2C21H27NO2S.2C20H25NO2S.C19H23NO2S/c1-13(2)4-5-16-8-15-12-22-7-6-14-9-20(24-3)19(23)10-17(14)18(22)11-21(15)25-16;1-3-4-5-6-16-9-15-13-22-8-7-14-10-20(24-2)19(23)11-17(14)18(22)12-21(15)25-16;1-12(2)6-15-7-14-11-21-5-4-13-8-19(23-3)18(22)9-16(13)17(21)10-20(14)24-15;1-3-4-5-15-8-14-12-21-7-6-13-9-19(23-2)18(22)10-16(13)17(21)11-20(14)24-15;1-3-4-14-7-13-11-20-6-5-12-8-18(22-2)17(21)9-15(12)16(20)10-19(13)23-14/h8-10,13,18,23H,4-7,11-12H2,1-3H3;9-11,18,23H,3-8,12-13H2,1-2H3;7-9,12,17,22H,4-6,10-11H2,1-3H3;8-10,17,22H,3-7,11-12H2,1-2H3;7-9,16,21H,3-6,10-11H2,1-2H3/t2*18-;2*17-;16-/m00000/s1. The van der Waals surface area contributed by atoms with Crippen LogP contribution in [-0.2, 0) is 129 Å². The Morgan fingerprint density at radius 1 is 0.298 bits per heavy atom. The molecule has 0 bridgehead atoms. The van der Waals surface area contributed by atoms with E-state index in [1.54, 1.807) is 59.9 Å². The quantitative estimate of drug-likeness (QED) is 0.0486. The van der Waals surface area contributed by atoms with Gasteiger partial charge < -0.3 is 49.2 Å². The number of phenolic OH excluding ortho intramolecular Hbond substituents is 5. The zero-order valence-electron chi connectivity index (χ0n) is 73.4. The van der Waals surface area contributed by atoms with E-state index in [0.717, 1.165) is 136 Å². The molecule has 5 N–H and O–H groups in total. The Balaban J connectivity index is 0.000000112.